The summed E-state index contributed by atoms with van der Waals surface area (Å²) < 4.78 is 11.6. The van der Waals surface area contributed by atoms with Gasteiger partial charge in [-0.25, -0.2) is 0 Å². The highest BCUT2D eigenvalue weighted by Crippen LogP contribution is 2.37. The standard InChI is InChI=1S/C16H11BrN4O3/c17-10-2-4-11(5-3-10)18-20-15-14(19-21-16(15)22)9-1-6-12-13(7-9)24-8-23-12/h1-7H,8H2,(H2,19,21,22). The molecule has 0 atom stereocenters. The zero-order valence-corrected chi connectivity index (χ0v) is 13.8. The number of aromatic nitrogens is 2. The van der Waals surface area contributed by atoms with Crippen LogP contribution in [0.2, 0.25) is 0 Å². The van der Waals surface area contributed by atoms with Gasteiger partial charge in [-0.15, -0.1) is 5.11 Å². The number of aromatic amines is 2. The van der Waals surface area contributed by atoms with E-state index in [1.54, 1.807) is 24.3 Å². The summed E-state index contributed by atoms with van der Waals surface area (Å²) in [6, 6.07) is 12.7. The van der Waals surface area contributed by atoms with E-state index in [0.29, 0.717) is 22.9 Å². The molecule has 0 fully saturated rings. The van der Waals surface area contributed by atoms with Crippen molar-refractivity contribution in [3.8, 4) is 22.8 Å². The van der Waals surface area contributed by atoms with Gasteiger partial charge in [-0.2, -0.15) is 5.11 Å². The van der Waals surface area contributed by atoms with Gasteiger partial charge < -0.3 is 9.47 Å². The van der Waals surface area contributed by atoms with Crippen LogP contribution in [-0.4, -0.2) is 17.0 Å². The van der Waals surface area contributed by atoms with E-state index in [9.17, 15) is 4.79 Å². The van der Waals surface area contributed by atoms with E-state index >= 15 is 0 Å². The number of hydrogen-bond donors (Lipinski definition) is 2. The van der Waals surface area contributed by atoms with E-state index < -0.39 is 0 Å². The van der Waals surface area contributed by atoms with Gasteiger partial charge in [-0.3, -0.25) is 15.0 Å². The molecule has 0 saturated carbocycles. The van der Waals surface area contributed by atoms with Gasteiger partial charge in [-0.1, -0.05) is 15.9 Å². The van der Waals surface area contributed by atoms with E-state index in [2.05, 4.69) is 36.4 Å². The van der Waals surface area contributed by atoms with Crippen molar-refractivity contribution in [2.24, 2.45) is 10.2 Å². The number of fused-ring (bicyclic) bond motifs is 1. The molecule has 1 aliphatic heterocycles. The molecule has 0 saturated heterocycles. The average molecular weight is 387 g/mol. The quantitative estimate of drug-likeness (QED) is 0.658. The average Bonchev–Trinajstić information content (AvgIpc) is 3.20. The first-order valence-corrected chi connectivity index (χ1v) is 7.88. The molecule has 4 rings (SSSR count). The van der Waals surface area contributed by atoms with Crippen LogP contribution in [0.4, 0.5) is 11.4 Å². The Kier molecular flexibility index (Phi) is 3.66. The smallest absolute Gasteiger partial charge is 0.292 e. The third kappa shape index (κ3) is 2.71. The number of benzene rings is 2. The van der Waals surface area contributed by atoms with Gasteiger partial charge >= 0.3 is 0 Å². The molecule has 1 aromatic heterocycles. The highest BCUT2D eigenvalue weighted by atomic mass is 79.9. The summed E-state index contributed by atoms with van der Waals surface area (Å²) in [7, 11) is 0. The highest BCUT2D eigenvalue weighted by molar-refractivity contribution is 9.10. The molecule has 0 amide bonds. The number of halogens is 1. The molecule has 0 bridgehead atoms. The summed E-state index contributed by atoms with van der Waals surface area (Å²) in [4.78, 5) is 12.0. The lowest BCUT2D eigenvalue weighted by atomic mass is 10.1. The summed E-state index contributed by atoms with van der Waals surface area (Å²) >= 11 is 3.36. The normalized spacial score (nSPS) is 12.9. The topological polar surface area (TPSA) is 91.8 Å². The maximum atomic E-state index is 12.0. The van der Waals surface area contributed by atoms with Gasteiger partial charge in [0.1, 0.15) is 0 Å². The molecule has 8 heteroatoms. The molecule has 24 heavy (non-hydrogen) atoms. The van der Waals surface area contributed by atoms with E-state index in [0.717, 1.165) is 10.0 Å². The van der Waals surface area contributed by atoms with Crippen LogP contribution >= 0.6 is 15.9 Å². The zero-order valence-electron chi connectivity index (χ0n) is 12.2. The van der Waals surface area contributed by atoms with Gasteiger partial charge in [0.25, 0.3) is 5.56 Å². The summed E-state index contributed by atoms with van der Waals surface area (Å²) in [6.45, 7) is 0.193. The number of H-pyrrole nitrogens is 2. The molecule has 120 valence electrons. The van der Waals surface area contributed by atoms with Gasteiger partial charge in [-0.05, 0) is 42.5 Å². The number of nitrogens with zero attached hydrogens (tertiary/aromatic N) is 2. The molecule has 0 aliphatic carbocycles. The van der Waals surface area contributed by atoms with E-state index in [1.165, 1.54) is 0 Å². The van der Waals surface area contributed by atoms with Crippen molar-refractivity contribution in [1.29, 1.82) is 0 Å². The van der Waals surface area contributed by atoms with Crippen LogP contribution in [-0.2, 0) is 0 Å². The highest BCUT2D eigenvalue weighted by Gasteiger charge is 2.17. The van der Waals surface area contributed by atoms with Crippen molar-refractivity contribution in [2.75, 3.05) is 6.79 Å². The van der Waals surface area contributed by atoms with Crippen LogP contribution in [0.15, 0.2) is 62.0 Å². The molecule has 7 nitrogen and oxygen atoms in total. The molecule has 0 unspecified atom stereocenters. The Hall–Kier alpha value is -2.87. The van der Waals surface area contributed by atoms with Gasteiger partial charge in [0, 0.05) is 10.0 Å². The Morgan fingerprint density at radius 1 is 0.958 bits per heavy atom. The number of azo groups is 1. The van der Waals surface area contributed by atoms with Crippen molar-refractivity contribution < 1.29 is 9.47 Å². The maximum Gasteiger partial charge on any atom is 0.292 e. The Bertz CT molecular complexity index is 976. The fraction of sp³-hybridized carbons (Fsp3) is 0.0625. The van der Waals surface area contributed by atoms with Crippen LogP contribution in [0.3, 0.4) is 0 Å². The lowest BCUT2D eigenvalue weighted by molar-refractivity contribution is 0.174. The molecule has 0 spiro atoms. The Labute approximate surface area is 144 Å². The van der Waals surface area contributed by atoms with Crippen molar-refractivity contribution in [1.82, 2.24) is 10.2 Å². The van der Waals surface area contributed by atoms with Crippen molar-refractivity contribution in [3.05, 3.63) is 57.3 Å². The molecular weight excluding hydrogens is 376 g/mol. The summed E-state index contributed by atoms with van der Waals surface area (Å²) in [5, 5.41) is 13.6. The number of ether oxygens (including phenoxy) is 2. The van der Waals surface area contributed by atoms with Crippen molar-refractivity contribution in [3.63, 3.8) is 0 Å². The molecule has 1 aliphatic rings. The molecule has 0 radical (unpaired) electrons. The van der Waals surface area contributed by atoms with Crippen LogP contribution < -0.4 is 15.0 Å². The number of nitrogens with one attached hydrogen (secondary N) is 2. The van der Waals surface area contributed by atoms with E-state index in [4.69, 9.17) is 9.47 Å². The van der Waals surface area contributed by atoms with Crippen LogP contribution in [0.25, 0.3) is 11.3 Å². The van der Waals surface area contributed by atoms with Gasteiger partial charge in [0.15, 0.2) is 17.2 Å². The lowest BCUT2D eigenvalue weighted by Gasteiger charge is -2.01. The van der Waals surface area contributed by atoms with Crippen molar-refractivity contribution >= 4 is 27.3 Å². The summed E-state index contributed by atoms with van der Waals surface area (Å²) in [5.74, 6) is 1.31. The predicted molar refractivity (Wildman–Crippen MR) is 91.3 cm³/mol. The minimum absolute atomic E-state index is 0.193. The third-order valence-electron chi connectivity index (χ3n) is 3.51. The second-order valence-corrected chi connectivity index (χ2v) is 5.96. The maximum absolute atomic E-state index is 12.0. The van der Waals surface area contributed by atoms with E-state index in [1.807, 2.05) is 18.2 Å². The van der Waals surface area contributed by atoms with Crippen LogP contribution in [0.5, 0.6) is 11.5 Å². The lowest BCUT2D eigenvalue weighted by Crippen LogP contribution is -1.96. The number of hydrogen-bond acceptors (Lipinski definition) is 5. The SMILES string of the molecule is O=c1[nH][nH]c(-c2ccc3c(c2)OCO3)c1N=Nc1ccc(Br)cc1. The molecule has 2 aromatic carbocycles. The van der Waals surface area contributed by atoms with Gasteiger partial charge in [0.05, 0.1) is 11.4 Å². The summed E-state index contributed by atoms with van der Waals surface area (Å²) in [6.07, 6.45) is 0. The van der Waals surface area contributed by atoms with Crippen LogP contribution in [0, 0.1) is 0 Å². The van der Waals surface area contributed by atoms with Crippen LogP contribution in [0.1, 0.15) is 0 Å². The predicted octanol–water partition coefficient (Wildman–Crippen LogP) is 4.28. The minimum Gasteiger partial charge on any atom is -0.454 e. The van der Waals surface area contributed by atoms with Crippen molar-refractivity contribution in [2.45, 2.75) is 0 Å². The first-order valence-electron chi connectivity index (χ1n) is 7.09. The monoisotopic (exact) mass is 386 g/mol. The fourth-order valence-electron chi connectivity index (χ4n) is 2.32. The van der Waals surface area contributed by atoms with E-state index in [-0.39, 0.29) is 18.0 Å². The van der Waals surface area contributed by atoms with Gasteiger partial charge in [0.2, 0.25) is 6.79 Å². The fourth-order valence-corrected chi connectivity index (χ4v) is 2.59. The number of rotatable bonds is 3. The molecular formula is C16H11BrN4O3. The largest absolute Gasteiger partial charge is 0.454 e. The Morgan fingerprint density at radius 3 is 2.58 bits per heavy atom. The Morgan fingerprint density at radius 2 is 1.75 bits per heavy atom. The zero-order chi connectivity index (χ0) is 16.5. The second-order valence-electron chi connectivity index (χ2n) is 5.05. The Balaban J connectivity index is 1.71. The third-order valence-corrected chi connectivity index (χ3v) is 4.03. The molecule has 2 heterocycles. The molecule has 2 N–H and O–H groups in total. The first-order chi connectivity index (χ1) is 11.7. The second kappa shape index (κ2) is 5.97. The molecule has 3 aromatic rings. The first kappa shape index (κ1) is 14.7. The summed E-state index contributed by atoms with van der Waals surface area (Å²) in [5.41, 5.74) is 1.80. The minimum atomic E-state index is -0.344.